The largest absolute Gasteiger partial charge is 0.445 e. The second-order valence-corrected chi connectivity index (χ2v) is 6.87. The van der Waals surface area contributed by atoms with E-state index >= 15 is 0 Å². The van der Waals surface area contributed by atoms with Gasteiger partial charge in [0.1, 0.15) is 6.61 Å². The highest BCUT2D eigenvalue weighted by atomic mass is 32.2. The third kappa shape index (κ3) is 4.69. The number of rotatable bonds is 7. The summed E-state index contributed by atoms with van der Waals surface area (Å²) in [5, 5.41) is 9.37. The lowest BCUT2D eigenvalue weighted by Gasteiger charge is -2.09. The predicted octanol–water partition coefficient (Wildman–Crippen LogP) is 5.64. The number of alkyl carbamates (subject to hydrolysis) is 1. The van der Waals surface area contributed by atoms with Crippen molar-refractivity contribution in [2.24, 2.45) is 0 Å². The van der Waals surface area contributed by atoms with Crippen LogP contribution in [0.5, 0.6) is 0 Å². The van der Waals surface area contributed by atoms with Gasteiger partial charge in [-0.05, 0) is 45.3 Å². The summed E-state index contributed by atoms with van der Waals surface area (Å²) in [6.07, 6.45) is 0.493. The van der Waals surface area contributed by atoms with Gasteiger partial charge in [0.05, 0.1) is 0 Å². The molecule has 0 fully saturated rings. The fourth-order valence-electron chi connectivity index (χ4n) is 2.80. The van der Waals surface area contributed by atoms with Crippen LogP contribution in [0.2, 0.25) is 0 Å². The van der Waals surface area contributed by atoms with Gasteiger partial charge in [-0.25, -0.2) is 4.79 Å². The Morgan fingerprint density at radius 2 is 1.88 bits per heavy atom. The maximum atomic E-state index is 11.8. The summed E-state index contributed by atoms with van der Waals surface area (Å²) in [6, 6.07) is 18.7. The van der Waals surface area contributed by atoms with Crippen LogP contribution >= 0.6 is 11.8 Å². The summed E-state index contributed by atoms with van der Waals surface area (Å²) in [5.74, 6) is 0.917. The van der Waals surface area contributed by atoms with E-state index in [0.29, 0.717) is 6.54 Å². The molecule has 0 saturated carbocycles. The molecule has 0 heterocycles. The van der Waals surface area contributed by atoms with Gasteiger partial charge in [0.15, 0.2) is 0 Å². The molecule has 0 aliphatic rings. The highest BCUT2D eigenvalue weighted by Crippen LogP contribution is 2.26. The van der Waals surface area contributed by atoms with E-state index in [1.807, 2.05) is 23.6 Å². The van der Waals surface area contributed by atoms with Crippen LogP contribution in [0.25, 0.3) is 21.5 Å². The summed E-state index contributed by atoms with van der Waals surface area (Å²) < 4.78 is 5.33. The lowest BCUT2D eigenvalue weighted by Crippen LogP contribution is -2.25. The number of carbonyl (C=O) groups excluding carboxylic acids is 1. The average Bonchev–Trinajstić information content (AvgIpc) is 2.68. The second-order valence-electron chi connectivity index (χ2n) is 5.89. The number of thioether (sulfide) groups is 1. The van der Waals surface area contributed by atoms with Crippen LogP contribution in [0.3, 0.4) is 0 Å². The van der Waals surface area contributed by atoms with Crippen LogP contribution in [-0.2, 0) is 11.3 Å². The quantitative estimate of drug-likeness (QED) is 0.335. The molecule has 26 heavy (non-hydrogen) atoms. The minimum atomic E-state index is -0.382. The molecule has 132 valence electrons. The van der Waals surface area contributed by atoms with E-state index in [2.05, 4.69) is 54.0 Å². The van der Waals surface area contributed by atoms with Crippen LogP contribution in [0.4, 0.5) is 4.79 Å². The first kappa shape index (κ1) is 18.1. The first-order valence-electron chi connectivity index (χ1n) is 8.55. The zero-order valence-corrected chi connectivity index (χ0v) is 15.4. The summed E-state index contributed by atoms with van der Waals surface area (Å²) in [5.41, 5.74) is 3.69. The molecule has 3 aromatic rings. The van der Waals surface area contributed by atoms with Crippen LogP contribution in [0, 0.1) is 0 Å². The Labute approximate surface area is 157 Å². The molecule has 4 heteroatoms. The molecule has 3 aromatic carbocycles. The molecule has 0 spiro atoms. The smallest absolute Gasteiger partial charge is 0.407 e. The van der Waals surface area contributed by atoms with E-state index in [-0.39, 0.29) is 12.7 Å². The number of nitrogens with one attached hydrogen (secondary N) is 1. The molecule has 0 saturated heterocycles. The monoisotopic (exact) mass is 363 g/mol. The number of amides is 1. The molecule has 0 aliphatic carbocycles. The maximum Gasteiger partial charge on any atom is 0.407 e. The summed E-state index contributed by atoms with van der Waals surface area (Å²) in [6.45, 7) is 4.36. The minimum Gasteiger partial charge on any atom is -0.445 e. The van der Waals surface area contributed by atoms with Gasteiger partial charge in [-0.3, -0.25) is 0 Å². The van der Waals surface area contributed by atoms with Gasteiger partial charge in [0, 0.05) is 12.0 Å². The molecule has 0 radical (unpaired) electrons. The Balaban J connectivity index is 1.58. The highest BCUT2D eigenvalue weighted by Gasteiger charge is 2.05. The Morgan fingerprint density at radius 3 is 2.73 bits per heavy atom. The van der Waals surface area contributed by atoms with Crippen LogP contribution in [0.15, 0.2) is 72.3 Å². The minimum absolute atomic E-state index is 0.263. The van der Waals surface area contributed by atoms with E-state index in [4.69, 9.17) is 4.74 Å². The molecule has 1 N–H and O–H groups in total. The van der Waals surface area contributed by atoms with Gasteiger partial charge >= 0.3 is 6.09 Å². The van der Waals surface area contributed by atoms with Crippen molar-refractivity contribution < 1.29 is 9.53 Å². The molecule has 1 amide bonds. The first-order valence-corrected chi connectivity index (χ1v) is 9.60. The normalized spacial score (nSPS) is 10.5. The van der Waals surface area contributed by atoms with Crippen molar-refractivity contribution in [3.05, 3.63) is 77.9 Å². The SMILES string of the molecule is C=C=CSCCCNC(=O)OCc1ccc2ccc3ccccc3c2c1. The topological polar surface area (TPSA) is 38.3 Å². The standard InChI is InChI=1S/C22H21NO2S/c1-2-13-26-14-5-12-23-22(24)25-16-17-8-9-19-11-10-18-6-3-4-7-20(18)21(19)15-17/h3-4,6-11,13,15H,1,5,12,14,16H2,(H,23,24). The van der Waals surface area contributed by atoms with Crippen molar-refractivity contribution in [1.29, 1.82) is 0 Å². The fourth-order valence-corrected chi connectivity index (χ4v) is 3.35. The third-order valence-corrected chi connectivity index (χ3v) is 4.91. The third-order valence-electron chi connectivity index (χ3n) is 4.06. The number of carbonyl (C=O) groups is 1. The molecule has 3 rings (SSSR count). The Kier molecular flexibility index (Phi) is 6.37. The van der Waals surface area contributed by atoms with Crippen molar-refractivity contribution in [2.75, 3.05) is 12.3 Å². The van der Waals surface area contributed by atoms with Crippen LogP contribution < -0.4 is 5.32 Å². The number of ether oxygens (including phenoxy) is 1. The van der Waals surface area contributed by atoms with Gasteiger partial charge in [0.2, 0.25) is 0 Å². The van der Waals surface area contributed by atoms with Gasteiger partial charge in [0.25, 0.3) is 0 Å². The number of fused-ring (bicyclic) bond motifs is 3. The van der Waals surface area contributed by atoms with Crippen molar-refractivity contribution in [3.8, 4) is 0 Å². The van der Waals surface area contributed by atoms with E-state index in [0.717, 1.165) is 17.7 Å². The maximum absolute atomic E-state index is 11.8. The second kappa shape index (κ2) is 9.14. The summed E-state index contributed by atoms with van der Waals surface area (Å²) >= 11 is 1.63. The Bertz CT molecular complexity index is 961. The number of hydrogen-bond donors (Lipinski definition) is 1. The van der Waals surface area contributed by atoms with E-state index in [9.17, 15) is 4.79 Å². The van der Waals surface area contributed by atoms with Crippen LogP contribution in [0.1, 0.15) is 12.0 Å². The van der Waals surface area contributed by atoms with Crippen molar-refractivity contribution in [3.63, 3.8) is 0 Å². The van der Waals surface area contributed by atoms with E-state index < -0.39 is 0 Å². The first-order chi connectivity index (χ1) is 12.8. The average molecular weight is 363 g/mol. The van der Waals surface area contributed by atoms with E-state index in [1.54, 1.807) is 11.8 Å². The lowest BCUT2D eigenvalue weighted by atomic mass is 10.0. The molecule has 3 nitrogen and oxygen atoms in total. The Hall–Kier alpha value is -2.68. The van der Waals surface area contributed by atoms with Gasteiger partial charge in [-0.15, -0.1) is 17.5 Å². The summed E-state index contributed by atoms with van der Waals surface area (Å²) in [7, 11) is 0. The highest BCUT2D eigenvalue weighted by molar-refractivity contribution is 8.02. The molecule has 0 aromatic heterocycles. The number of hydrogen-bond acceptors (Lipinski definition) is 3. The molecule has 0 aliphatic heterocycles. The van der Waals surface area contributed by atoms with Crippen molar-refractivity contribution in [2.45, 2.75) is 13.0 Å². The van der Waals surface area contributed by atoms with Gasteiger partial charge in [-0.2, -0.15) is 0 Å². The lowest BCUT2D eigenvalue weighted by molar-refractivity contribution is 0.140. The Morgan fingerprint density at radius 1 is 1.12 bits per heavy atom. The zero-order chi connectivity index (χ0) is 18.2. The van der Waals surface area contributed by atoms with Crippen molar-refractivity contribution in [1.82, 2.24) is 5.32 Å². The molecule has 0 atom stereocenters. The molecular formula is C22H21NO2S. The molecular weight excluding hydrogens is 342 g/mol. The van der Waals surface area contributed by atoms with Crippen molar-refractivity contribution >= 4 is 39.4 Å². The predicted molar refractivity (Wildman–Crippen MR) is 110 cm³/mol. The van der Waals surface area contributed by atoms with Gasteiger partial charge < -0.3 is 10.1 Å². The molecule has 0 unspecified atom stereocenters. The zero-order valence-electron chi connectivity index (χ0n) is 14.5. The van der Waals surface area contributed by atoms with Gasteiger partial charge in [-0.1, -0.05) is 55.1 Å². The number of benzene rings is 3. The summed E-state index contributed by atoms with van der Waals surface area (Å²) in [4.78, 5) is 11.8. The fraction of sp³-hybridized carbons (Fsp3) is 0.182. The van der Waals surface area contributed by atoms with E-state index in [1.165, 1.54) is 21.5 Å². The van der Waals surface area contributed by atoms with Crippen LogP contribution in [-0.4, -0.2) is 18.4 Å². The molecule has 0 bridgehead atoms.